The number of Topliss-reactive ketones (excluding diaryl/α,β-unsaturated/α-hetero) is 1. The molecule has 3 aromatic rings. The fraction of sp³-hybridized carbons (Fsp3) is 0.333. The van der Waals surface area contributed by atoms with E-state index in [-0.39, 0.29) is 5.92 Å². The fourth-order valence-corrected chi connectivity index (χ4v) is 3.51. The van der Waals surface area contributed by atoms with E-state index in [1.807, 2.05) is 36.7 Å². The number of hydrogen-bond acceptors (Lipinski definition) is 5. The monoisotopic (exact) mass is 346 g/mol. The van der Waals surface area contributed by atoms with Crippen molar-refractivity contribution in [2.75, 3.05) is 20.1 Å². The molecular formula is C21H22N4O. The first-order chi connectivity index (χ1) is 12.7. The van der Waals surface area contributed by atoms with E-state index in [4.69, 9.17) is 0 Å². The molecule has 0 N–H and O–H groups in total. The molecule has 0 atom stereocenters. The molecule has 4 rings (SSSR count). The predicted molar refractivity (Wildman–Crippen MR) is 102 cm³/mol. The molecule has 1 fully saturated rings. The number of piperidine rings is 1. The Kier molecular flexibility index (Phi) is 4.71. The van der Waals surface area contributed by atoms with Gasteiger partial charge in [-0.25, -0.2) is 0 Å². The van der Waals surface area contributed by atoms with Gasteiger partial charge >= 0.3 is 0 Å². The number of carbonyl (C=O) groups excluding carboxylic acids is 1. The van der Waals surface area contributed by atoms with Crippen LogP contribution in [0.15, 0.2) is 49.1 Å². The first kappa shape index (κ1) is 16.8. The minimum Gasteiger partial charge on any atom is -0.306 e. The summed E-state index contributed by atoms with van der Waals surface area (Å²) in [6.45, 7) is 2.00. The Labute approximate surface area is 153 Å². The summed E-state index contributed by atoms with van der Waals surface area (Å²) in [4.78, 5) is 28.0. The fourth-order valence-electron chi connectivity index (χ4n) is 3.51. The molecule has 4 heterocycles. The van der Waals surface area contributed by atoms with Crippen molar-refractivity contribution in [2.45, 2.75) is 19.3 Å². The zero-order valence-electron chi connectivity index (χ0n) is 14.9. The second-order valence-electron chi connectivity index (χ2n) is 7.05. The van der Waals surface area contributed by atoms with Gasteiger partial charge in [0.15, 0.2) is 0 Å². The van der Waals surface area contributed by atoms with Crippen molar-refractivity contribution >= 4 is 16.6 Å². The highest BCUT2D eigenvalue weighted by molar-refractivity contribution is 5.87. The zero-order valence-corrected chi connectivity index (χ0v) is 14.9. The maximum atomic E-state index is 12.6. The summed E-state index contributed by atoms with van der Waals surface area (Å²) in [5.74, 6) is 0.485. The average molecular weight is 346 g/mol. The summed E-state index contributed by atoms with van der Waals surface area (Å²) >= 11 is 0. The Hall–Kier alpha value is -2.66. The topological polar surface area (TPSA) is 59.0 Å². The Morgan fingerprint density at radius 1 is 1.12 bits per heavy atom. The van der Waals surface area contributed by atoms with E-state index in [2.05, 4.69) is 26.9 Å². The highest BCUT2D eigenvalue weighted by Crippen LogP contribution is 2.23. The van der Waals surface area contributed by atoms with Crippen LogP contribution in [0.5, 0.6) is 0 Å². The van der Waals surface area contributed by atoms with Gasteiger partial charge < -0.3 is 4.90 Å². The summed E-state index contributed by atoms with van der Waals surface area (Å²) in [6, 6.07) is 7.95. The molecule has 0 amide bonds. The lowest BCUT2D eigenvalue weighted by molar-refractivity contribution is -0.123. The number of aromatic nitrogens is 3. The third-order valence-corrected chi connectivity index (χ3v) is 5.15. The van der Waals surface area contributed by atoms with Crippen LogP contribution >= 0.6 is 0 Å². The number of ketones is 1. The highest BCUT2D eigenvalue weighted by atomic mass is 16.1. The molecule has 0 spiro atoms. The molecule has 5 nitrogen and oxygen atoms in total. The molecule has 0 aromatic carbocycles. The van der Waals surface area contributed by atoms with E-state index in [9.17, 15) is 4.79 Å². The van der Waals surface area contributed by atoms with Gasteiger partial charge in [0.25, 0.3) is 0 Å². The van der Waals surface area contributed by atoms with Crippen molar-refractivity contribution in [1.82, 2.24) is 19.9 Å². The number of pyridine rings is 3. The summed E-state index contributed by atoms with van der Waals surface area (Å²) in [6.07, 6.45) is 9.52. The van der Waals surface area contributed by atoms with Crippen LogP contribution in [0.3, 0.4) is 0 Å². The minimum absolute atomic E-state index is 0.173. The van der Waals surface area contributed by atoms with Gasteiger partial charge in [0.2, 0.25) is 0 Å². The van der Waals surface area contributed by atoms with Crippen LogP contribution in [-0.4, -0.2) is 45.8 Å². The van der Waals surface area contributed by atoms with Crippen LogP contribution in [0.4, 0.5) is 0 Å². The van der Waals surface area contributed by atoms with Gasteiger partial charge in [-0.1, -0.05) is 0 Å². The maximum Gasteiger partial charge on any atom is 0.142 e. The Balaban J connectivity index is 1.55. The average Bonchev–Trinajstić information content (AvgIpc) is 2.68. The third-order valence-electron chi connectivity index (χ3n) is 5.15. The van der Waals surface area contributed by atoms with Gasteiger partial charge in [0.05, 0.1) is 5.69 Å². The molecule has 1 aliphatic rings. The highest BCUT2D eigenvalue weighted by Gasteiger charge is 2.23. The lowest BCUT2D eigenvalue weighted by Crippen LogP contribution is -2.34. The summed E-state index contributed by atoms with van der Waals surface area (Å²) < 4.78 is 0. The molecule has 5 heteroatoms. The second-order valence-corrected chi connectivity index (χ2v) is 7.05. The minimum atomic E-state index is 0.173. The van der Waals surface area contributed by atoms with E-state index in [0.29, 0.717) is 12.2 Å². The quantitative estimate of drug-likeness (QED) is 0.726. The molecular weight excluding hydrogens is 324 g/mol. The first-order valence-electron chi connectivity index (χ1n) is 9.05. The van der Waals surface area contributed by atoms with E-state index < -0.39 is 0 Å². The smallest absolute Gasteiger partial charge is 0.142 e. The Morgan fingerprint density at radius 2 is 1.92 bits per heavy atom. The standard InChI is InChI=1S/C21H22N4O/c1-25-7-4-15(5-8-25)21(26)11-19-9-17-10-20(16-3-2-6-22-12-16)24-14-18(17)13-23-19/h2-3,6,9-10,12-15H,4-5,7-8,11H2,1H3. The molecule has 0 saturated carbocycles. The van der Waals surface area contributed by atoms with Crippen molar-refractivity contribution < 1.29 is 4.79 Å². The predicted octanol–water partition coefficient (Wildman–Crippen LogP) is 3.15. The Morgan fingerprint density at radius 3 is 2.69 bits per heavy atom. The first-order valence-corrected chi connectivity index (χ1v) is 9.05. The van der Waals surface area contributed by atoms with Crippen LogP contribution in [0, 0.1) is 5.92 Å². The number of fused-ring (bicyclic) bond motifs is 1. The van der Waals surface area contributed by atoms with E-state index in [1.165, 1.54) is 0 Å². The number of hydrogen-bond donors (Lipinski definition) is 0. The van der Waals surface area contributed by atoms with Crippen LogP contribution in [0.25, 0.3) is 22.0 Å². The number of carbonyl (C=O) groups is 1. The van der Waals surface area contributed by atoms with Crippen molar-refractivity contribution in [2.24, 2.45) is 5.92 Å². The Bertz CT molecular complexity index is 918. The molecule has 0 bridgehead atoms. The second kappa shape index (κ2) is 7.30. The van der Waals surface area contributed by atoms with Gasteiger partial charge in [-0.05, 0) is 62.6 Å². The normalized spacial score (nSPS) is 16.0. The molecule has 1 aliphatic heterocycles. The largest absolute Gasteiger partial charge is 0.306 e. The van der Waals surface area contributed by atoms with Crippen LogP contribution in [-0.2, 0) is 11.2 Å². The van der Waals surface area contributed by atoms with Crippen molar-refractivity contribution in [3.63, 3.8) is 0 Å². The summed E-state index contributed by atoms with van der Waals surface area (Å²) in [7, 11) is 2.11. The number of likely N-dealkylation sites (tertiary alicyclic amines) is 1. The summed E-state index contributed by atoms with van der Waals surface area (Å²) in [5, 5.41) is 2.04. The van der Waals surface area contributed by atoms with Crippen molar-refractivity contribution in [3.05, 3.63) is 54.7 Å². The van der Waals surface area contributed by atoms with Gasteiger partial charge in [-0.2, -0.15) is 0 Å². The van der Waals surface area contributed by atoms with Crippen LogP contribution in [0.1, 0.15) is 18.5 Å². The zero-order chi connectivity index (χ0) is 17.9. The number of nitrogens with zero attached hydrogens (tertiary/aromatic N) is 4. The van der Waals surface area contributed by atoms with E-state index in [1.54, 1.807) is 12.4 Å². The van der Waals surface area contributed by atoms with Gasteiger partial charge in [0, 0.05) is 53.8 Å². The maximum absolute atomic E-state index is 12.6. The van der Waals surface area contributed by atoms with Gasteiger partial charge in [-0.3, -0.25) is 19.7 Å². The molecule has 26 heavy (non-hydrogen) atoms. The van der Waals surface area contributed by atoms with Crippen molar-refractivity contribution in [1.29, 1.82) is 0 Å². The molecule has 0 unspecified atom stereocenters. The SMILES string of the molecule is CN1CCC(C(=O)Cc2cc3cc(-c4cccnc4)ncc3cn2)CC1. The van der Waals surface area contributed by atoms with Gasteiger partial charge in [0.1, 0.15) is 5.78 Å². The third kappa shape index (κ3) is 3.63. The molecule has 0 aliphatic carbocycles. The molecule has 3 aromatic heterocycles. The van der Waals surface area contributed by atoms with E-state index >= 15 is 0 Å². The molecule has 132 valence electrons. The summed E-state index contributed by atoms with van der Waals surface area (Å²) in [5.41, 5.74) is 2.70. The molecule has 0 radical (unpaired) electrons. The van der Waals surface area contributed by atoms with E-state index in [0.717, 1.165) is 53.7 Å². The van der Waals surface area contributed by atoms with Crippen LogP contribution < -0.4 is 0 Å². The number of rotatable bonds is 4. The van der Waals surface area contributed by atoms with Gasteiger partial charge in [-0.15, -0.1) is 0 Å². The van der Waals surface area contributed by atoms with Crippen LogP contribution in [0.2, 0.25) is 0 Å². The lowest BCUT2D eigenvalue weighted by atomic mass is 9.90. The lowest BCUT2D eigenvalue weighted by Gasteiger charge is -2.27. The molecule has 1 saturated heterocycles. The van der Waals surface area contributed by atoms with Crippen molar-refractivity contribution in [3.8, 4) is 11.3 Å².